The highest BCUT2D eigenvalue weighted by molar-refractivity contribution is 6.01. The molecule has 0 radical (unpaired) electrons. The Morgan fingerprint density at radius 2 is 1.80 bits per heavy atom. The first-order valence-electron chi connectivity index (χ1n) is 8.95. The van der Waals surface area contributed by atoms with Gasteiger partial charge in [-0.1, -0.05) is 30.3 Å². The minimum absolute atomic E-state index is 0.367. The molecule has 0 unspecified atom stereocenters. The summed E-state index contributed by atoms with van der Waals surface area (Å²) in [6.07, 6.45) is 4.48. The van der Waals surface area contributed by atoms with E-state index in [4.69, 9.17) is 5.73 Å². The van der Waals surface area contributed by atoms with Gasteiger partial charge in [0, 0.05) is 29.6 Å². The van der Waals surface area contributed by atoms with E-state index < -0.39 is 0 Å². The molecule has 4 nitrogen and oxygen atoms in total. The van der Waals surface area contributed by atoms with E-state index in [9.17, 15) is 4.79 Å². The number of anilines is 1. The molecule has 4 heteroatoms. The van der Waals surface area contributed by atoms with Crippen LogP contribution in [0.15, 0.2) is 48.5 Å². The van der Waals surface area contributed by atoms with Crippen LogP contribution < -0.4 is 10.6 Å². The molecule has 0 saturated carbocycles. The Labute approximate surface area is 147 Å². The summed E-state index contributed by atoms with van der Waals surface area (Å²) in [5.74, 6) is 0.777. The maximum Gasteiger partial charge on any atom is 0.249 e. The van der Waals surface area contributed by atoms with Crippen molar-refractivity contribution in [1.29, 1.82) is 0 Å². The van der Waals surface area contributed by atoms with Crippen LogP contribution in [0.2, 0.25) is 0 Å². The number of nitrogens with zero attached hydrogens (tertiary/aromatic N) is 1. The molecule has 1 aromatic heterocycles. The van der Waals surface area contributed by atoms with Gasteiger partial charge >= 0.3 is 0 Å². The van der Waals surface area contributed by atoms with Gasteiger partial charge in [0.25, 0.3) is 0 Å². The molecule has 4 rings (SSSR count). The van der Waals surface area contributed by atoms with Gasteiger partial charge in [0.2, 0.25) is 5.91 Å². The highest BCUT2D eigenvalue weighted by atomic mass is 16.1. The maximum absolute atomic E-state index is 12.0. The number of H-pyrrole nitrogens is 1. The van der Waals surface area contributed by atoms with Crippen molar-refractivity contribution in [3.05, 3.63) is 65.2 Å². The van der Waals surface area contributed by atoms with Gasteiger partial charge in [-0.25, -0.2) is 0 Å². The molecular weight excluding hydrogens is 310 g/mol. The number of benzene rings is 2. The highest BCUT2D eigenvalue weighted by Gasteiger charge is 2.18. The highest BCUT2D eigenvalue weighted by Crippen LogP contribution is 2.30. The summed E-state index contributed by atoms with van der Waals surface area (Å²) in [4.78, 5) is 17.9. The van der Waals surface area contributed by atoms with Crippen LogP contribution in [0.25, 0.3) is 10.9 Å². The number of fused-ring (bicyclic) bond motifs is 1. The second-order valence-electron chi connectivity index (χ2n) is 6.78. The fraction of sp³-hybridized carbons (Fsp3) is 0.286. The second kappa shape index (κ2) is 6.63. The molecule has 0 atom stereocenters. The van der Waals surface area contributed by atoms with E-state index in [-0.39, 0.29) is 5.91 Å². The number of nitrogens with two attached hydrogens (primary N) is 1. The first-order valence-corrected chi connectivity index (χ1v) is 8.95. The zero-order valence-electron chi connectivity index (χ0n) is 14.3. The van der Waals surface area contributed by atoms with Crippen molar-refractivity contribution >= 4 is 22.6 Å². The predicted octanol–water partition coefficient (Wildman–Crippen LogP) is 3.85. The second-order valence-corrected chi connectivity index (χ2v) is 6.78. The minimum Gasteiger partial charge on any atom is -0.366 e. The average molecular weight is 333 g/mol. The number of rotatable bonds is 4. The van der Waals surface area contributed by atoms with Crippen LogP contribution in [0.3, 0.4) is 0 Å². The number of carbonyl (C=O) groups excluding carboxylic acids is 1. The van der Waals surface area contributed by atoms with Crippen molar-refractivity contribution in [3.63, 3.8) is 0 Å². The number of piperidine rings is 1. The molecule has 0 aliphatic carbocycles. The zero-order chi connectivity index (χ0) is 17.2. The van der Waals surface area contributed by atoms with Crippen LogP contribution in [-0.2, 0) is 6.42 Å². The Hall–Kier alpha value is -2.75. The third-order valence-electron chi connectivity index (χ3n) is 5.09. The first-order chi connectivity index (χ1) is 12.2. The van der Waals surface area contributed by atoms with Crippen molar-refractivity contribution < 1.29 is 4.79 Å². The Balaban J connectivity index is 1.80. The van der Waals surface area contributed by atoms with Crippen LogP contribution in [-0.4, -0.2) is 24.0 Å². The molecule has 0 bridgehead atoms. The quantitative estimate of drug-likeness (QED) is 0.762. The van der Waals surface area contributed by atoms with Crippen molar-refractivity contribution in [2.45, 2.75) is 25.7 Å². The SMILES string of the molecule is NC(=O)c1ccc2[nH]c(N3CCCCC3)cc2c1Cc1ccccc1. The average Bonchev–Trinajstić information content (AvgIpc) is 3.08. The van der Waals surface area contributed by atoms with Crippen LogP contribution in [0, 0.1) is 0 Å². The Kier molecular flexibility index (Phi) is 4.18. The summed E-state index contributed by atoms with van der Waals surface area (Å²) in [5, 5.41) is 1.10. The maximum atomic E-state index is 12.0. The van der Waals surface area contributed by atoms with Gasteiger partial charge in [-0.05, 0) is 55.0 Å². The van der Waals surface area contributed by atoms with Crippen molar-refractivity contribution in [2.75, 3.05) is 18.0 Å². The lowest BCUT2D eigenvalue weighted by molar-refractivity contribution is 0.0999. The van der Waals surface area contributed by atoms with Crippen LogP contribution in [0.1, 0.15) is 40.7 Å². The molecule has 3 aromatic rings. The number of primary amides is 1. The zero-order valence-corrected chi connectivity index (χ0v) is 14.3. The fourth-order valence-corrected chi connectivity index (χ4v) is 3.78. The predicted molar refractivity (Wildman–Crippen MR) is 102 cm³/mol. The Morgan fingerprint density at radius 3 is 2.52 bits per heavy atom. The third kappa shape index (κ3) is 3.12. The molecule has 1 amide bonds. The van der Waals surface area contributed by atoms with E-state index in [1.54, 1.807) is 0 Å². The Bertz CT molecular complexity index is 892. The fourth-order valence-electron chi connectivity index (χ4n) is 3.78. The van der Waals surface area contributed by atoms with Crippen LogP contribution >= 0.6 is 0 Å². The molecule has 0 spiro atoms. The molecule has 128 valence electrons. The molecule has 1 aliphatic heterocycles. The van der Waals surface area contributed by atoms with E-state index in [2.05, 4.69) is 28.1 Å². The lowest BCUT2D eigenvalue weighted by Gasteiger charge is -2.27. The van der Waals surface area contributed by atoms with Gasteiger partial charge in [0.15, 0.2) is 0 Å². The number of aromatic amines is 1. The number of aromatic nitrogens is 1. The van der Waals surface area contributed by atoms with Crippen LogP contribution in [0.5, 0.6) is 0 Å². The number of carbonyl (C=O) groups is 1. The number of hydrogen-bond donors (Lipinski definition) is 2. The lowest BCUT2D eigenvalue weighted by Crippen LogP contribution is -2.29. The summed E-state index contributed by atoms with van der Waals surface area (Å²) in [6.45, 7) is 2.17. The summed E-state index contributed by atoms with van der Waals surface area (Å²) in [6, 6.07) is 16.2. The lowest BCUT2D eigenvalue weighted by atomic mass is 9.96. The van der Waals surface area contributed by atoms with Gasteiger partial charge in [-0.15, -0.1) is 0 Å². The monoisotopic (exact) mass is 333 g/mol. The standard InChI is InChI=1S/C21H23N3O/c22-21(25)16-9-10-19-18(17(16)13-15-7-3-1-4-8-15)14-20(23-19)24-11-5-2-6-12-24/h1,3-4,7-10,14,23H,2,5-6,11-13H2,(H2,22,25). The van der Waals surface area contributed by atoms with E-state index in [0.717, 1.165) is 35.4 Å². The van der Waals surface area contributed by atoms with Gasteiger partial charge in [-0.2, -0.15) is 0 Å². The minimum atomic E-state index is -0.367. The van der Waals surface area contributed by atoms with Crippen molar-refractivity contribution in [1.82, 2.24) is 4.98 Å². The summed E-state index contributed by atoms with van der Waals surface area (Å²) in [5.41, 5.74) is 9.52. The van der Waals surface area contributed by atoms with E-state index >= 15 is 0 Å². The molecule has 1 saturated heterocycles. The first kappa shape index (κ1) is 15.8. The molecule has 1 fully saturated rings. The molecule has 2 aromatic carbocycles. The topological polar surface area (TPSA) is 62.1 Å². The number of amides is 1. The van der Waals surface area contributed by atoms with Gasteiger partial charge in [0.1, 0.15) is 5.82 Å². The summed E-state index contributed by atoms with van der Waals surface area (Å²) < 4.78 is 0. The molecule has 2 heterocycles. The molecule has 25 heavy (non-hydrogen) atoms. The molecule has 1 aliphatic rings. The summed E-state index contributed by atoms with van der Waals surface area (Å²) >= 11 is 0. The Morgan fingerprint density at radius 1 is 1.04 bits per heavy atom. The van der Waals surface area contributed by atoms with Crippen LogP contribution in [0.4, 0.5) is 5.82 Å². The van der Waals surface area contributed by atoms with Gasteiger partial charge in [-0.3, -0.25) is 4.79 Å². The summed E-state index contributed by atoms with van der Waals surface area (Å²) in [7, 11) is 0. The van der Waals surface area contributed by atoms with E-state index in [0.29, 0.717) is 12.0 Å². The largest absolute Gasteiger partial charge is 0.366 e. The number of hydrogen-bond acceptors (Lipinski definition) is 2. The normalized spacial score (nSPS) is 14.8. The van der Waals surface area contributed by atoms with E-state index in [1.165, 1.54) is 24.8 Å². The van der Waals surface area contributed by atoms with Gasteiger partial charge < -0.3 is 15.6 Å². The third-order valence-corrected chi connectivity index (χ3v) is 5.09. The van der Waals surface area contributed by atoms with E-state index in [1.807, 2.05) is 30.3 Å². The van der Waals surface area contributed by atoms with Crippen molar-refractivity contribution in [2.24, 2.45) is 5.73 Å². The molecular formula is C21H23N3O. The van der Waals surface area contributed by atoms with Crippen molar-refractivity contribution in [3.8, 4) is 0 Å². The smallest absolute Gasteiger partial charge is 0.249 e. The number of nitrogens with one attached hydrogen (secondary N) is 1. The molecule has 3 N–H and O–H groups in total. The van der Waals surface area contributed by atoms with Gasteiger partial charge in [0.05, 0.1) is 0 Å².